The third-order valence-corrected chi connectivity index (χ3v) is 3.84. The highest BCUT2D eigenvalue weighted by Crippen LogP contribution is 2.32. The first kappa shape index (κ1) is 11.4. The van der Waals surface area contributed by atoms with Crippen molar-refractivity contribution in [2.75, 3.05) is 11.6 Å². The van der Waals surface area contributed by atoms with Crippen molar-refractivity contribution < 1.29 is 9.90 Å². The lowest BCUT2D eigenvalue weighted by Gasteiger charge is -2.13. The molecule has 0 atom stereocenters. The van der Waals surface area contributed by atoms with Gasteiger partial charge < -0.3 is 5.11 Å². The molecule has 4 nitrogen and oxygen atoms in total. The number of aryl methyl sites for hydroxylation is 1. The number of hydrogen-bond donors (Lipinski definition) is 1. The minimum Gasteiger partial charge on any atom is -0.376 e. The molecule has 0 spiro atoms. The van der Waals surface area contributed by atoms with Crippen molar-refractivity contribution in [1.82, 2.24) is 4.98 Å². The molecule has 1 aromatic carbocycles. The minimum atomic E-state index is -0.263. The largest absolute Gasteiger partial charge is 0.376 e. The number of nitrogens with zero attached hydrogens (tertiary/aromatic N) is 2. The van der Waals surface area contributed by atoms with Crippen LogP contribution in [0, 0.1) is 6.92 Å². The van der Waals surface area contributed by atoms with Crippen molar-refractivity contribution >= 4 is 22.9 Å². The molecule has 92 valence electrons. The summed E-state index contributed by atoms with van der Waals surface area (Å²) in [6.45, 7) is 1.71. The highest BCUT2D eigenvalue weighted by molar-refractivity contribution is 7.09. The Hall–Kier alpha value is -1.72. The number of rotatable bonds is 2. The van der Waals surface area contributed by atoms with Crippen LogP contribution < -0.4 is 4.90 Å². The Morgan fingerprint density at radius 3 is 3.00 bits per heavy atom. The zero-order chi connectivity index (χ0) is 12.7. The number of carbonyl (C=O) groups excluding carboxylic acids is 1. The van der Waals surface area contributed by atoms with Crippen molar-refractivity contribution in [2.24, 2.45) is 0 Å². The van der Waals surface area contributed by atoms with Crippen LogP contribution in [0.2, 0.25) is 0 Å². The summed E-state index contributed by atoms with van der Waals surface area (Å²) in [7, 11) is 0. The second kappa shape index (κ2) is 4.19. The molecule has 18 heavy (non-hydrogen) atoms. The first-order valence-corrected chi connectivity index (χ1v) is 6.53. The van der Waals surface area contributed by atoms with Crippen LogP contribution >= 0.6 is 11.3 Å². The Morgan fingerprint density at radius 2 is 2.33 bits per heavy atom. The van der Waals surface area contributed by atoms with Gasteiger partial charge in [-0.2, -0.15) is 0 Å². The van der Waals surface area contributed by atoms with E-state index in [2.05, 4.69) is 4.98 Å². The quantitative estimate of drug-likeness (QED) is 0.898. The van der Waals surface area contributed by atoms with Crippen LogP contribution in [0.1, 0.15) is 10.6 Å². The maximum Gasteiger partial charge on any atom is 0.233 e. The number of aliphatic hydroxyl groups excluding tert-OH is 1. The van der Waals surface area contributed by atoms with Gasteiger partial charge in [0.15, 0.2) is 0 Å². The molecule has 1 aliphatic heterocycles. The normalized spacial score (nSPS) is 14.1. The highest BCUT2D eigenvalue weighted by Gasteiger charge is 2.26. The fourth-order valence-corrected chi connectivity index (χ4v) is 2.82. The van der Waals surface area contributed by atoms with Gasteiger partial charge in [-0.25, -0.2) is 4.98 Å². The van der Waals surface area contributed by atoms with Gasteiger partial charge in [-0.15, -0.1) is 11.3 Å². The zero-order valence-corrected chi connectivity index (χ0v) is 10.7. The van der Waals surface area contributed by atoms with E-state index >= 15 is 0 Å². The molecule has 0 saturated heterocycles. The maximum absolute atomic E-state index is 11.7. The summed E-state index contributed by atoms with van der Waals surface area (Å²) < 4.78 is 0. The van der Waals surface area contributed by atoms with E-state index in [-0.39, 0.29) is 12.6 Å². The molecule has 0 bridgehead atoms. The first-order valence-electron chi connectivity index (χ1n) is 5.65. The topological polar surface area (TPSA) is 53.4 Å². The van der Waals surface area contributed by atoms with Crippen LogP contribution in [0.3, 0.4) is 0 Å². The number of aromatic nitrogens is 1. The Morgan fingerprint density at radius 1 is 1.50 bits per heavy atom. The fourth-order valence-electron chi connectivity index (χ4n) is 2.19. The lowest BCUT2D eigenvalue weighted by molar-refractivity contribution is -0.118. The van der Waals surface area contributed by atoms with E-state index in [0.717, 1.165) is 27.5 Å². The minimum absolute atomic E-state index is 0.0564. The average Bonchev–Trinajstić information content (AvgIpc) is 2.90. The van der Waals surface area contributed by atoms with Crippen molar-refractivity contribution in [1.29, 1.82) is 0 Å². The molecule has 2 aromatic rings. The molecule has 1 aromatic heterocycles. The van der Waals surface area contributed by atoms with Gasteiger partial charge in [0.1, 0.15) is 6.73 Å². The fraction of sp³-hybridized carbons (Fsp3) is 0.231. The Labute approximate surface area is 109 Å². The van der Waals surface area contributed by atoms with Gasteiger partial charge in [-0.05, 0) is 24.6 Å². The molecule has 0 aliphatic carbocycles. The molecule has 0 radical (unpaired) electrons. The van der Waals surface area contributed by atoms with Crippen molar-refractivity contribution in [3.05, 3.63) is 34.2 Å². The molecule has 0 saturated carbocycles. The zero-order valence-electron chi connectivity index (χ0n) is 9.88. The van der Waals surface area contributed by atoms with Crippen LogP contribution in [0.4, 0.5) is 5.69 Å². The molecule has 1 N–H and O–H groups in total. The van der Waals surface area contributed by atoms with Gasteiger partial charge >= 0.3 is 0 Å². The van der Waals surface area contributed by atoms with Gasteiger partial charge in [0.2, 0.25) is 5.91 Å². The number of carbonyl (C=O) groups is 1. The van der Waals surface area contributed by atoms with Crippen LogP contribution in [0.15, 0.2) is 23.6 Å². The summed E-state index contributed by atoms with van der Waals surface area (Å²) in [6.07, 6.45) is 0.354. The second-order valence-corrected chi connectivity index (χ2v) is 5.30. The summed E-state index contributed by atoms with van der Waals surface area (Å²) >= 11 is 1.61. The number of amides is 1. The van der Waals surface area contributed by atoms with Gasteiger partial charge in [0.25, 0.3) is 0 Å². The Bertz CT molecular complexity index is 621. The predicted octanol–water partition coefficient (Wildman–Crippen LogP) is 1.96. The maximum atomic E-state index is 11.7. The number of fused-ring (bicyclic) bond motifs is 1. The summed E-state index contributed by atoms with van der Waals surface area (Å²) in [6, 6.07) is 5.80. The van der Waals surface area contributed by atoms with Gasteiger partial charge in [-0.1, -0.05) is 6.07 Å². The van der Waals surface area contributed by atoms with E-state index in [9.17, 15) is 4.79 Å². The number of thiazole rings is 1. The molecule has 2 heterocycles. The highest BCUT2D eigenvalue weighted by atomic mass is 32.1. The summed E-state index contributed by atoms with van der Waals surface area (Å²) in [5.74, 6) is -0.0564. The van der Waals surface area contributed by atoms with Crippen LogP contribution in [0.25, 0.3) is 11.3 Å². The van der Waals surface area contributed by atoms with Crippen molar-refractivity contribution in [2.45, 2.75) is 13.3 Å². The Balaban J connectivity index is 2.03. The Kier molecular flexibility index (Phi) is 2.65. The van der Waals surface area contributed by atoms with Crippen molar-refractivity contribution in [3.8, 4) is 11.3 Å². The summed E-state index contributed by atoms with van der Waals surface area (Å²) in [5.41, 5.74) is 3.72. The standard InChI is InChI=1S/C13H12N2O2S/c1-8-14-11(6-18-8)9-2-3-12-10(4-9)5-13(17)15(12)7-16/h2-4,6,16H,5,7H2,1H3. The van der Waals surface area contributed by atoms with E-state index in [0.29, 0.717) is 6.42 Å². The van der Waals surface area contributed by atoms with Crippen LogP contribution in [-0.4, -0.2) is 22.7 Å². The van der Waals surface area contributed by atoms with Gasteiger partial charge in [-0.3, -0.25) is 9.69 Å². The smallest absolute Gasteiger partial charge is 0.233 e. The number of aliphatic hydroxyl groups is 1. The summed E-state index contributed by atoms with van der Waals surface area (Å²) in [5, 5.41) is 12.2. The lowest BCUT2D eigenvalue weighted by Crippen LogP contribution is -2.27. The molecule has 3 rings (SSSR count). The monoisotopic (exact) mass is 260 g/mol. The molecule has 0 unspecified atom stereocenters. The van der Waals surface area contributed by atoms with E-state index in [1.165, 1.54) is 4.90 Å². The van der Waals surface area contributed by atoms with E-state index in [1.807, 2.05) is 30.5 Å². The number of hydrogen-bond acceptors (Lipinski definition) is 4. The van der Waals surface area contributed by atoms with Gasteiger partial charge in [0, 0.05) is 16.6 Å². The third kappa shape index (κ3) is 1.72. The van der Waals surface area contributed by atoms with Crippen LogP contribution in [-0.2, 0) is 11.2 Å². The number of anilines is 1. The van der Waals surface area contributed by atoms with Crippen LogP contribution in [0.5, 0.6) is 0 Å². The molecular formula is C13H12N2O2S. The molecule has 1 aliphatic rings. The van der Waals surface area contributed by atoms with E-state index in [1.54, 1.807) is 11.3 Å². The molecule has 1 amide bonds. The predicted molar refractivity (Wildman–Crippen MR) is 70.6 cm³/mol. The van der Waals surface area contributed by atoms with E-state index in [4.69, 9.17) is 5.11 Å². The molecule has 0 fully saturated rings. The van der Waals surface area contributed by atoms with Crippen molar-refractivity contribution in [3.63, 3.8) is 0 Å². The first-order chi connectivity index (χ1) is 8.69. The molecule has 5 heteroatoms. The number of benzene rings is 1. The van der Waals surface area contributed by atoms with E-state index < -0.39 is 0 Å². The second-order valence-electron chi connectivity index (χ2n) is 4.24. The SMILES string of the molecule is Cc1nc(-c2ccc3c(c2)CC(=O)N3CO)cs1. The lowest BCUT2D eigenvalue weighted by atomic mass is 10.1. The average molecular weight is 260 g/mol. The van der Waals surface area contributed by atoms with Gasteiger partial charge in [0.05, 0.1) is 17.1 Å². The summed E-state index contributed by atoms with van der Waals surface area (Å²) in [4.78, 5) is 17.5. The molecular weight excluding hydrogens is 248 g/mol. The third-order valence-electron chi connectivity index (χ3n) is 3.07.